The quantitative estimate of drug-likeness (QED) is 0.838. The Morgan fingerprint density at radius 2 is 2.10 bits per heavy atom. The molecule has 0 aromatic heterocycles. The fourth-order valence-corrected chi connectivity index (χ4v) is 2.95. The van der Waals surface area contributed by atoms with Crippen molar-refractivity contribution in [1.29, 1.82) is 0 Å². The van der Waals surface area contributed by atoms with Crippen molar-refractivity contribution in [2.45, 2.75) is 25.8 Å². The normalized spacial score (nSPS) is 16.0. The molecule has 3 N–H and O–H groups in total. The van der Waals surface area contributed by atoms with Gasteiger partial charge in [-0.25, -0.2) is 0 Å². The molecule has 1 amide bonds. The van der Waals surface area contributed by atoms with Gasteiger partial charge in [-0.2, -0.15) is 0 Å². The number of carbonyl (C=O) groups is 1. The number of likely N-dealkylation sites (tertiary alicyclic amines) is 1. The summed E-state index contributed by atoms with van der Waals surface area (Å²) in [5.74, 6) is 0.0939. The summed E-state index contributed by atoms with van der Waals surface area (Å²) >= 11 is 11.1. The van der Waals surface area contributed by atoms with Crippen LogP contribution in [0.1, 0.15) is 25.3 Å². The highest BCUT2D eigenvalue weighted by Crippen LogP contribution is 2.25. The predicted octanol–water partition coefficient (Wildman–Crippen LogP) is 2.40. The second-order valence-corrected chi connectivity index (χ2v) is 5.77. The molecule has 0 aliphatic carbocycles. The van der Waals surface area contributed by atoms with Crippen LogP contribution in [0.25, 0.3) is 0 Å². The molecule has 1 heterocycles. The summed E-state index contributed by atoms with van der Waals surface area (Å²) in [7, 11) is 0. The fourth-order valence-electron chi connectivity index (χ4n) is 2.40. The number of rotatable bonds is 4. The Balaban J connectivity index is 2.15. The van der Waals surface area contributed by atoms with Crippen molar-refractivity contribution in [3.63, 3.8) is 0 Å². The van der Waals surface area contributed by atoms with E-state index in [0.717, 1.165) is 25.9 Å². The first-order valence-corrected chi connectivity index (χ1v) is 7.43. The first-order chi connectivity index (χ1) is 9.50. The van der Waals surface area contributed by atoms with E-state index >= 15 is 0 Å². The number of nitrogens with zero attached hydrogens (tertiary/aromatic N) is 1. The van der Waals surface area contributed by atoms with Crippen molar-refractivity contribution >= 4 is 40.4 Å². The van der Waals surface area contributed by atoms with Crippen LogP contribution in [0, 0.1) is 0 Å². The third kappa shape index (κ3) is 3.22. The molecular weight excluding hydrogens is 294 g/mol. The molecule has 108 valence electrons. The number of anilines is 1. The number of nitrogens with two attached hydrogens (primary N) is 1. The number of hydrogen-bond acceptors (Lipinski definition) is 3. The zero-order valence-electron chi connectivity index (χ0n) is 11.4. The maximum Gasteiger partial charge on any atom is 0.244 e. The van der Waals surface area contributed by atoms with E-state index in [1.807, 2.05) is 17.9 Å². The lowest BCUT2D eigenvalue weighted by Gasteiger charge is -2.23. The molecule has 1 aromatic rings. The first-order valence-electron chi connectivity index (χ1n) is 6.64. The van der Waals surface area contributed by atoms with Gasteiger partial charge in [-0.15, -0.1) is 0 Å². The Kier molecular flexibility index (Phi) is 4.83. The fraction of sp³-hybridized carbons (Fsp3) is 0.429. The Hall–Kier alpha value is -1.33. The molecular formula is C14H18ClN3OS. The predicted molar refractivity (Wildman–Crippen MR) is 86.2 cm³/mol. The van der Waals surface area contributed by atoms with Gasteiger partial charge in [0.05, 0.1) is 10.6 Å². The second-order valence-electron chi connectivity index (χ2n) is 4.93. The van der Waals surface area contributed by atoms with E-state index < -0.39 is 0 Å². The average molecular weight is 312 g/mol. The van der Waals surface area contributed by atoms with Crippen LogP contribution in [0.15, 0.2) is 18.2 Å². The van der Waals surface area contributed by atoms with Gasteiger partial charge in [-0.3, -0.25) is 4.79 Å². The van der Waals surface area contributed by atoms with Gasteiger partial charge in [-0.1, -0.05) is 29.9 Å². The third-order valence-electron chi connectivity index (χ3n) is 3.42. The minimum atomic E-state index is -0.334. The van der Waals surface area contributed by atoms with Gasteiger partial charge in [0.2, 0.25) is 5.91 Å². The third-order valence-corrected chi connectivity index (χ3v) is 3.94. The topological polar surface area (TPSA) is 58.4 Å². The minimum Gasteiger partial charge on any atom is -0.389 e. The summed E-state index contributed by atoms with van der Waals surface area (Å²) in [6.45, 7) is 3.51. The lowest BCUT2D eigenvalue weighted by molar-refractivity contribution is -0.130. The molecule has 4 nitrogen and oxygen atoms in total. The highest BCUT2D eigenvalue weighted by molar-refractivity contribution is 7.80. The summed E-state index contributed by atoms with van der Waals surface area (Å²) < 4.78 is 0. The molecule has 1 aliphatic heterocycles. The average Bonchev–Trinajstić information content (AvgIpc) is 2.91. The SMILES string of the molecule is CC(Nc1cccc(Cl)c1C(N)=S)C(=O)N1CCCC1. The standard InChI is InChI=1S/C14H18ClN3OS/c1-9(14(19)18-7-2-3-8-18)17-11-6-4-5-10(15)12(11)13(16)20/h4-6,9,17H,2-3,7-8H2,1H3,(H2,16,20). The molecule has 1 unspecified atom stereocenters. The second kappa shape index (κ2) is 6.41. The monoisotopic (exact) mass is 311 g/mol. The van der Waals surface area contributed by atoms with Crippen LogP contribution >= 0.6 is 23.8 Å². The van der Waals surface area contributed by atoms with E-state index in [9.17, 15) is 4.79 Å². The Labute approximate surface area is 129 Å². The smallest absolute Gasteiger partial charge is 0.244 e. The van der Waals surface area contributed by atoms with Gasteiger partial charge < -0.3 is 16.0 Å². The van der Waals surface area contributed by atoms with Crippen molar-refractivity contribution in [2.24, 2.45) is 5.73 Å². The van der Waals surface area contributed by atoms with Gasteiger partial charge in [0.1, 0.15) is 11.0 Å². The van der Waals surface area contributed by atoms with Crippen molar-refractivity contribution in [3.05, 3.63) is 28.8 Å². The first kappa shape index (κ1) is 15.1. The molecule has 1 saturated heterocycles. The lowest BCUT2D eigenvalue weighted by atomic mass is 10.1. The molecule has 6 heteroatoms. The molecule has 1 aliphatic rings. The van der Waals surface area contributed by atoms with E-state index in [1.54, 1.807) is 12.1 Å². The Morgan fingerprint density at radius 3 is 2.70 bits per heavy atom. The molecule has 0 saturated carbocycles. The van der Waals surface area contributed by atoms with Crippen LogP contribution in [-0.4, -0.2) is 34.9 Å². The number of halogens is 1. The molecule has 0 radical (unpaired) electrons. The van der Waals surface area contributed by atoms with Crippen molar-refractivity contribution < 1.29 is 4.79 Å². The highest BCUT2D eigenvalue weighted by Gasteiger charge is 2.24. The van der Waals surface area contributed by atoms with Crippen LogP contribution in [0.3, 0.4) is 0 Å². The summed E-state index contributed by atoms with van der Waals surface area (Å²) in [6, 6.07) is 5.03. The van der Waals surface area contributed by atoms with Crippen LogP contribution in [0.4, 0.5) is 5.69 Å². The van der Waals surface area contributed by atoms with Gasteiger partial charge in [0, 0.05) is 18.8 Å². The molecule has 20 heavy (non-hydrogen) atoms. The van der Waals surface area contributed by atoms with E-state index in [0.29, 0.717) is 16.3 Å². The molecule has 1 fully saturated rings. The van der Waals surface area contributed by atoms with Crippen LogP contribution in [0.5, 0.6) is 0 Å². The summed E-state index contributed by atoms with van der Waals surface area (Å²) in [4.78, 5) is 14.4. The molecule has 1 aromatic carbocycles. The van der Waals surface area contributed by atoms with E-state index in [4.69, 9.17) is 29.6 Å². The Morgan fingerprint density at radius 1 is 1.45 bits per heavy atom. The van der Waals surface area contributed by atoms with E-state index in [2.05, 4.69) is 5.32 Å². The van der Waals surface area contributed by atoms with E-state index in [-0.39, 0.29) is 16.9 Å². The van der Waals surface area contributed by atoms with Crippen molar-refractivity contribution in [2.75, 3.05) is 18.4 Å². The summed E-state index contributed by atoms with van der Waals surface area (Å²) in [6.07, 6.45) is 2.15. The number of carbonyl (C=O) groups excluding carboxylic acids is 1. The van der Waals surface area contributed by atoms with Crippen LogP contribution in [-0.2, 0) is 4.79 Å². The summed E-state index contributed by atoms with van der Waals surface area (Å²) in [5.41, 5.74) is 6.99. The zero-order valence-corrected chi connectivity index (χ0v) is 12.9. The summed E-state index contributed by atoms with van der Waals surface area (Å²) in [5, 5.41) is 3.66. The van der Waals surface area contributed by atoms with Crippen LogP contribution < -0.4 is 11.1 Å². The van der Waals surface area contributed by atoms with Gasteiger partial charge >= 0.3 is 0 Å². The number of amides is 1. The lowest BCUT2D eigenvalue weighted by Crippen LogP contribution is -2.40. The van der Waals surface area contributed by atoms with E-state index in [1.165, 1.54) is 0 Å². The maximum atomic E-state index is 12.3. The van der Waals surface area contributed by atoms with Crippen molar-refractivity contribution in [3.8, 4) is 0 Å². The van der Waals surface area contributed by atoms with Gasteiger partial charge in [0.15, 0.2) is 0 Å². The minimum absolute atomic E-state index is 0.0939. The molecule has 1 atom stereocenters. The number of hydrogen-bond donors (Lipinski definition) is 2. The highest BCUT2D eigenvalue weighted by atomic mass is 35.5. The largest absolute Gasteiger partial charge is 0.389 e. The van der Waals surface area contributed by atoms with Crippen LogP contribution in [0.2, 0.25) is 5.02 Å². The number of nitrogens with one attached hydrogen (secondary N) is 1. The van der Waals surface area contributed by atoms with Crippen molar-refractivity contribution in [1.82, 2.24) is 4.90 Å². The molecule has 0 spiro atoms. The zero-order chi connectivity index (χ0) is 14.7. The number of benzene rings is 1. The van der Waals surface area contributed by atoms with Gasteiger partial charge in [0.25, 0.3) is 0 Å². The van der Waals surface area contributed by atoms with Gasteiger partial charge in [-0.05, 0) is 31.9 Å². The molecule has 0 bridgehead atoms. The Bertz CT molecular complexity index is 529. The maximum absolute atomic E-state index is 12.3. The molecule has 2 rings (SSSR count). The number of thiocarbonyl (C=S) groups is 1.